The van der Waals surface area contributed by atoms with E-state index in [1.165, 1.54) is 43.3 Å². The number of methoxy groups -OCH3 is 1. The van der Waals surface area contributed by atoms with Gasteiger partial charge in [0.1, 0.15) is 11.9 Å². The van der Waals surface area contributed by atoms with E-state index in [4.69, 9.17) is 9.47 Å². The third-order valence-corrected chi connectivity index (χ3v) is 4.33. The van der Waals surface area contributed by atoms with Crippen molar-refractivity contribution in [2.45, 2.75) is 19.1 Å². The summed E-state index contributed by atoms with van der Waals surface area (Å²) in [6.45, 7) is 1.25. The van der Waals surface area contributed by atoms with Crippen LogP contribution in [0.25, 0.3) is 0 Å². The normalized spacial score (nSPS) is 15.0. The zero-order chi connectivity index (χ0) is 20.4. The highest BCUT2D eigenvalue weighted by Crippen LogP contribution is 2.31. The molecule has 28 heavy (non-hydrogen) atoms. The monoisotopic (exact) mass is 383 g/mol. The van der Waals surface area contributed by atoms with E-state index in [2.05, 4.69) is 0 Å². The number of amides is 2. The van der Waals surface area contributed by atoms with Gasteiger partial charge in [0.05, 0.1) is 18.2 Å². The van der Waals surface area contributed by atoms with E-state index in [-0.39, 0.29) is 22.4 Å². The summed E-state index contributed by atoms with van der Waals surface area (Å²) in [5, 5.41) is 10.8. The van der Waals surface area contributed by atoms with Crippen LogP contribution in [0.5, 0.6) is 5.75 Å². The summed E-state index contributed by atoms with van der Waals surface area (Å²) in [5.41, 5.74) is 0.542. The van der Waals surface area contributed by atoms with Crippen molar-refractivity contribution in [1.29, 1.82) is 0 Å². The van der Waals surface area contributed by atoms with Gasteiger partial charge in [-0.25, -0.2) is 4.79 Å². The third-order valence-electron chi connectivity index (χ3n) is 4.33. The Kier molecular flexibility index (Phi) is 5.23. The smallest absolute Gasteiger partial charge is 0.332 e. The molecule has 1 aliphatic heterocycles. The predicted molar refractivity (Wildman–Crippen MR) is 95.5 cm³/mol. The van der Waals surface area contributed by atoms with Crippen LogP contribution in [0.3, 0.4) is 0 Å². The van der Waals surface area contributed by atoms with Gasteiger partial charge in [0.2, 0.25) is 0 Å². The standard InChI is InChI=1S/C20H17NO7/c1-11(22)28-13-9-7-12(8-10-13)17(23)16(20(26)27-2)21-18(24)14-5-3-4-6-15(14)19(21)25/h3-10,16-17,23H,1-2H3/t16-,17+/m0/s1. The fraction of sp³-hybridized carbons (Fsp3) is 0.200. The summed E-state index contributed by atoms with van der Waals surface area (Å²) in [7, 11) is 1.10. The number of carbonyl (C=O) groups excluding carboxylic acids is 4. The molecule has 0 saturated carbocycles. The van der Waals surface area contributed by atoms with Crippen LogP contribution in [-0.2, 0) is 14.3 Å². The van der Waals surface area contributed by atoms with Gasteiger partial charge >= 0.3 is 11.9 Å². The number of aliphatic hydroxyl groups excluding tert-OH is 1. The van der Waals surface area contributed by atoms with Crippen LogP contribution in [0.1, 0.15) is 39.3 Å². The highest BCUT2D eigenvalue weighted by atomic mass is 16.5. The summed E-state index contributed by atoms with van der Waals surface area (Å²) < 4.78 is 9.65. The Labute approximate surface area is 160 Å². The first-order chi connectivity index (χ1) is 13.3. The Morgan fingerprint density at radius 3 is 1.96 bits per heavy atom. The number of benzene rings is 2. The minimum absolute atomic E-state index is 0.152. The molecule has 8 nitrogen and oxygen atoms in total. The lowest BCUT2D eigenvalue weighted by Gasteiger charge is -2.28. The third kappa shape index (κ3) is 3.37. The molecule has 1 heterocycles. The molecule has 144 valence electrons. The van der Waals surface area contributed by atoms with Crippen molar-refractivity contribution < 1.29 is 33.8 Å². The Balaban J connectivity index is 1.95. The number of nitrogens with zero attached hydrogens (tertiary/aromatic N) is 1. The number of hydrogen-bond donors (Lipinski definition) is 1. The van der Waals surface area contributed by atoms with E-state index < -0.39 is 35.9 Å². The molecule has 0 fully saturated rings. The molecule has 2 atom stereocenters. The summed E-state index contributed by atoms with van der Waals surface area (Å²) >= 11 is 0. The molecule has 2 amide bonds. The van der Waals surface area contributed by atoms with Crippen molar-refractivity contribution in [2.75, 3.05) is 7.11 Å². The van der Waals surface area contributed by atoms with Gasteiger partial charge in [0.25, 0.3) is 11.8 Å². The van der Waals surface area contributed by atoms with Gasteiger partial charge < -0.3 is 14.6 Å². The molecule has 0 unspecified atom stereocenters. The summed E-state index contributed by atoms with van der Waals surface area (Å²) in [6, 6.07) is 10.3. The molecule has 1 N–H and O–H groups in total. The number of ether oxygens (including phenoxy) is 2. The molecule has 0 saturated heterocycles. The lowest BCUT2D eigenvalue weighted by Crippen LogP contribution is -2.49. The quantitative estimate of drug-likeness (QED) is 0.473. The molecule has 1 aliphatic rings. The van der Waals surface area contributed by atoms with E-state index in [0.717, 1.165) is 7.11 Å². The number of aliphatic hydroxyl groups is 1. The lowest BCUT2D eigenvalue weighted by atomic mass is 10.0. The van der Waals surface area contributed by atoms with Crippen molar-refractivity contribution in [3.05, 3.63) is 65.2 Å². The minimum Gasteiger partial charge on any atom is -0.467 e. The minimum atomic E-state index is -1.57. The zero-order valence-corrected chi connectivity index (χ0v) is 15.1. The second-order valence-electron chi connectivity index (χ2n) is 6.10. The van der Waals surface area contributed by atoms with Crippen LogP contribution >= 0.6 is 0 Å². The van der Waals surface area contributed by atoms with Crippen molar-refractivity contribution in [3.63, 3.8) is 0 Å². The number of imide groups is 1. The first-order valence-corrected chi connectivity index (χ1v) is 8.36. The van der Waals surface area contributed by atoms with Gasteiger partial charge in [0, 0.05) is 6.92 Å². The molecule has 2 aromatic rings. The lowest BCUT2D eigenvalue weighted by molar-refractivity contribution is -0.149. The topological polar surface area (TPSA) is 110 Å². The molecule has 0 bridgehead atoms. The molecular formula is C20H17NO7. The average molecular weight is 383 g/mol. The number of hydrogen-bond acceptors (Lipinski definition) is 7. The number of esters is 2. The maximum atomic E-state index is 12.7. The molecule has 0 spiro atoms. The Bertz CT molecular complexity index is 916. The highest BCUT2D eigenvalue weighted by Gasteiger charge is 2.46. The molecule has 0 radical (unpaired) electrons. The van der Waals surface area contributed by atoms with E-state index >= 15 is 0 Å². The van der Waals surface area contributed by atoms with Crippen molar-refractivity contribution >= 4 is 23.8 Å². The molecule has 3 rings (SSSR count). The van der Waals surface area contributed by atoms with Gasteiger partial charge in [-0.15, -0.1) is 0 Å². The molecule has 0 aliphatic carbocycles. The Morgan fingerprint density at radius 2 is 1.50 bits per heavy atom. The predicted octanol–water partition coefficient (Wildman–Crippen LogP) is 1.48. The van der Waals surface area contributed by atoms with E-state index in [1.54, 1.807) is 12.1 Å². The van der Waals surface area contributed by atoms with Crippen molar-refractivity contribution in [2.24, 2.45) is 0 Å². The number of carbonyl (C=O) groups is 4. The van der Waals surface area contributed by atoms with Gasteiger partial charge in [-0.05, 0) is 29.8 Å². The van der Waals surface area contributed by atoms with E-state index in [1.807, 2.05) is 0 Å². The molecule has 8 heteroatoms. The summed E-state index contributed by atoms with van der Waals surface area (Å²) in [5.74, 6) is -2.57. The van der Waals surface area contributed by atoms with Gasteiger partial charge in [-0.2, -0.15) is 0 Å². The SMILES string of the molecule is COC(=O)[C@H]([C@H](O)c1ccc(OC(C)=O)cc1)N1C(=O)c2ccccc2C1=O. The van der Waals surface area contributed by atoms with Crippen LogP contribution in [0.2, 0.25) is 0 Å². The van der Waals surface area contributed by atoms with Crippen molar-refractivity contribution in [3.8, 4) is 5.75 Å². The maximum absolute atomic E-state index is 12.7. The van der Waals surface area contributed by atoms with Crippen LogP contribution in [0, 0.1) is 0 Å². The molecule has 0 aromatic heterocycles. The highest BCUT2D eigenvalue weighted by molar-refractivity contribution is 6.22. The van der Waals surface area contributed by atoms with Crippen LogP contribution in [0.4, 0.5) is 0 Å². The fourth-order valence-corrected chi connectivity index (χ4v) is 3.04. The van der Waals surface area contributed by atoms with Gasteiger partial charge in [-0.3, -0.25) is 19.3 Å². The Hall–Kier alpha value is -3.52. The van der Waals surface area contributed by atoms with E-state index in [0.29, 0.717) is 4.90 Å². The zero-order valence-electron chi connectivity index (χ0n) is 15.1. The average Bonchev–Trinajstić information content (AvgIpc) is 2.93. The van der Waals surface area contributed by atoms with Gasteiger partial charge in [-0.1, -0.05) is 24.3 Å². The largest absolute Gasteiger partial charge is 0.467 e. The van der Waals surface area contributed by atoms with Gasteiger partial charge in [0.15, 0.2) is 6.04 Å². The molecular weight excluding hydrogens is 366 g/mol. The first kappa shape index (κ1) is 19.2. The fourth-order valence-electron chi connectivity index (χ4n) is 3.04. The second kappa shape index (κ2) is 7.61. The summed E-state index contributed by atoms with van der Waals surface area (Å²) in [6.07, 6.45) is -1.54. The van der Waals surface area contributed by atoms with Crippen molar-refractivity contribution in [1.82, 2.24) is 4.90 Å². The van der Waals surface area contributed by atoms with Crippen LogP contribution < -0.4 is 4.74 Å². The maximum Gasteiger partial charge on any atom is 0.332 e. The van der Waals surface area contributed by atoms with E-state index in [9.17, 15) is 24.3 Å². The summed E-state index contributed by atoms with van der Waals surface area (Å²) in [4.78, 5) is 49.5. The van der Waals surface area contributed by atoms with Crippen LogP contribution in [-0.4, -0.2) is 46.9 Å². The first-order valence-electron chi connectivity index (χ1n) is 8.36. The second-order valence-corrected chi connectivity index (χ2v) is 6.10. The number of fused-ring (bicyclic) bond motifs is 1. The Morgan fingerprint density at radius 1 is 0.964 bits per heavy atom. The number of rotatable bonds is 5. The van der Waals surface area contributed by atoms with Crippen LogP contribution in [0.15, 0.2) is 48.5 Å². The molecule has 2 aromatic carbocycles.